The van der Waals surface area contributed by atoms with Crippen LogP contribution in [0.5, 0.6) is 0 Å². The van der Waals surface area contributed by atoms with Gasteiger partial charge in [-0.1, -0.05) is 35.3 Å². The smallest absolute Gasteiger partial charge is 0.544 e. The number of aldehydes is 1. The normalized spacial score (nSPS) is 10.2. The zero-order valence-electron chi connectivity index (χ0n) is 22.2. The fourth-order valence-corrected chi connectivity index (χ4v) is 4.16. The average molecular weight is 652 g/mol. The Bertz CT molecular complexity index is 1850. The van der Waals surface area contributed by atoms with E-state index in [0.29, 0.717) is 41.0 Å². The fraction of sp³-hybridized carbons (Fsp3) is 0.0714. The van der Waals surface area contributed by atoms with E-state index in [2.05, 4.69) is 19.9 Å². The Morgan fingerprint density at radius 1 is 0.791 bits per heavy atom. The Morgan fingerprint density at radius 2 is 1.28 bits per heavy atom. The van der Waals surface area contributed by atoms with Gasteiger partial charge in [0, 0.05) is 36.0 Å². The average Bonchev–Trinajstić information content (AvgIpc) is 3.63. The number of pyridine rings is 2. The van der Waals surface area contributed by atoms with Gasteiger partial charge in [0.15, 0.2) is 23.8 Å². The Morgan fingerprint density at radius 3 is 1.72 bits per heavy atom. The predicted molar refractivity (Wildman–Crippen MR) is 144 cm³/mol. The van der Waals surface area contributed by atoms with Gasteiger partial charge in [-0.05, 0) is 47.5 Å². The van der Waals surface area contributed by atoms with Crippen LogP contribution in [0.25, 0.3) is 21.8 Å². The molecule has 6 aromatic rings. The number of fused-ring (bicyclic) bond motifs is 2. The number of carboxylic acid groups (broad SMARTS) is 1. The van der Waals surface area contributed by atoms with E-state index >= 15 is 0 Å². The molecule has 0 amide bonds. The van der Waals surface area contributed by atoms with Gasteiger partial charge < -0.3 is 23.3 Å². The van der Waals surface area contributed by atoms with E-state index in [1.54, 1.807) is 12.4 Å². The SMILES string of the molecule is O=C(O)c1cnc(Cc2ccc3ncc(Cl)cc3c2)o1.O=Cc1cnc(Cc2ccc3ncc(Cl)cc3c2)o1.[Na+].[O-][Cl+][O-]. The summed E-state index contributed by atoms with van der Waals surface area (Å²) in [7, 11) is 0. The van der Waals surface area contributed by atoms with Gasteiger partial charge in [-0.3, -0.25) is 14.8 Å². The van der Waals surface area contributed by atoms with Gasteiger partial charge in [-0.25, -0.2) is 14.8 Å². The molecule has 4 heterocycles. The molecule has 0 bridgehead atoms. The van der Waals surface area contributed by atoms with Crippen molar-refractivity contribution in [2.24, 2.45) is 0 Å². The number of carbonyl (C=O) groups is 2. The fourth-order valence-electron chi connectivity index (χ4n) is 3.83. The van der Waals surface area contributed by atoms with Gasteiger partial charge in [0.1, 0.15) is 0 Å². The van der Waals surface area contributed by atoms with E-state index in [0.717, 1.165) is 32.9 Å². The van der Waals surface area contributed by atoms with Gasteiger partial charge >= 0.3 is 35.5 Å². The van der Waals surface area contributed by atoms with Crippen LogP contribution in [-0.2, 0) is 12.8 Å². The molecular weight excluding hydrogens is 634 g/mol. The van der Waals surface area contributed by atoms with Crippen molar-refractivity contribution in [3.05, 3.63) is 118 Å². The Balaban J connectivity index is 0.000000212. The molecule has 6 rings (SSSR count). The molecule has 0 fully saturated rings. The molecule has 214 valence electrons. The summed E-state index contributed by atoms with van der Waals surface area (Å²) in [4.78, 5) is 37.7. The van der Waals surface area contributed by atoms with Crippen LogP contribution in [0.4, 0.5) is 0 Å². The van der Waals surface area contributed by atoms with Gasteiger partial charge in [0.05, 0.1) is 44.8 Å². The maximum atomic E-state index is 10.7. The zero-order chi connectivity index (χ0) is 30.1. The van der Waals surface area contributed by atoms with E-state index in [9.17, 15) is 9.59 Å². The molecule has 4 aromatic heterocycles. The first-order valence-corrected chi connectivity index (χ1v) is 13.2. The first-order valence-electron chi connectivity index (χ1n) is 11.8. The summed E-state index contributed by atoms with van der Waals surface area (Å²) in [6, 6.07) is 15.2. The number of hydrogen-bond donors (Lipinski definition) is 1. The predicted octanol–water partition coefficient (Wildman–Crippen LogP) is 1.07. The molecule has 11 nitrogen and oxygen atoms in total. The molecule has 0 unspecified atom stereocenters. The molecule has 0 saturated heterocycles. The standard InChI is InChI=1S/C14H9ClN2O3.C14H9ClN2O2.ClO2.Na/c15-10-5-9-3-8(1-2-11(9)16-6-10)4-13-17-7-12(20-13)14(18)19;15-11-5-10-3-9(1-2-13(10)16-6-11)4-14-17-7-12(8-18)19-14;2-1-3;/h1-3,5-7H,4H2,(H,18,19);1-3,5-8H,4H2;;/q;;-1;+1. The number of rotatable bonds is 6. The van der Waals surface area contributed by atoms with Crippen LogP contribution in [-0.4, -0.2) is 37.3 Å². The third-order valence-electron chi connectivity index (χ3n) is 5.59. The summed E-state index contributed by atoms with van der Waals surface area (Å²) in [5.41, 5.74) is 3.70. The maximum absolute atomic E-state index is 10.7. The molecular formula is C28H18Cl3N4NaO7. The molecule has 1 N–H and O–H groups in total. The Labute approximate surface area is 279 Å². The second-order valence-corrected chi connectivity index (χ2v) is 9.47. The van der Waals surface area contributed by atoms with Crippen LogP contribution in [0.2, 0.25) is 10.0 Å². The minimum Gasteiger partial charge on any atom is -0.544 e. The van der Waals surface area contributed by atoms with E-state index in [4.69, 9.17) is 46.5 Å². The number of halogens is 3. The van der Waals surface area contributed by atoms with Crippen LogP contribution in [0.15, 0.2) is 82.2 Å². The third kappa shape index (κ3) is 9.82. The van der Waals surface area contributed by atoms with Gasteiger partial charge in [-0.15, -0.1) is 0 Å². The third-order valence-corrected chi connectivity index (χ3v) is 6.00. The largest absolute Gasteiger partial charge is 1.00 e. The summed E-state index contributed by atoms with van der Waals surface area (Å²) in [6.45, 7) is 0. The van der Waals surface area contributed by atoms with Crippen molar-refractivity contribution in [1.82, 2.24) is 19.9 Å². The van der Waals surface area contributed by atoms with Crippen molar-refractivity contribution in [2.75, 3.05) is 0 Å². The number of nitrogens with zero attached hydrogens (tertiary/aromatic N) is 4. The van der Waals surface area contributed by atoms with Crippen molar-refractivity contribution in [3.8, 4) is 0 Å². The van der Waals surface area contributed by atoms with Gasteiger partial charge in [-0.2, -0.15) is 0 Å². The van der Waals surface area contributed by atoms with Crippen LogP contribution < -0.4 is 38.9 Å². The Kier molecular flexibility index (Phi) is 13.1. The first kappa shape index (κ1) is 34.1. The number of carbonyl (C=O) groups excluding carboxylic acids is 1. The van der Waals surface area contributed by atoms with Crippen molar-refractivity contribution in [1.29, 1.82) is 0 Å². The maximum Gasteiger partial charge on any atom is 1.00 e. The monoisotopic (exact) mass is 650 g/mol. The summed E-state index contributed by atoms with van der Waals surface area (Å²) < 4.78 is 26.9. The van der Waals surface area contributed by atoms with E-state index in [1.807, 2.05) is 48.5 Å². The topological polar surface area (TPSA) is 178 Å². The first-order chi connectivity index (χ1) is 20.3. The molecule has 0 radical (unpaired) electrons. The van der Waals surface area contributed by atoms with Crippen LogP contribution in [0.1, 0.15) is 44.0 Å². The quantitative estimate of drug-likeness (QED) is 0.201. The summed E-state index contributed by atoms with van der Waals surface area (Å²) in [5.74, 6) is -0.183. The van der Waals surface area contributed by atoms with Crippen LogP contribution in [0, 0.1) is 11.3 Å². The number of aromatic nitrogens is 4. The number of hydrogen-bond acceptors (Lipinski definition) is 10. The van der Waals surface area contributed by atoms with E-state index in [1.165, 1.54) is 12.4 Å². The number of carboxylic acids is 1. The molecule has 0 aliphatic heterocycles. The van der Waals surface area contributed by atoms with Crippen molar-refractivity contribution >= 4 is 57.3 Å². The Hall–Kier alpha value is -3.39. The van der Waals surface area contributed by atoms with Crippen molar-refractivity contribution in [2.45, 2.75) is 12.8 Å². The van der Waals surface area contributed by atoms with Crippen molar-refractivity contribution < 1.29 is 73.7 Å². The summed E-state index contributed by atoms with van der Waals surface area (Å²) >= 11 is 11.4. The van der Waals surface area contributed by atoms with Gasteiger partial charge in [0.25, 0.3) is 0 Å². The summed E-state index contributed by atoms with van der Waals surface area (Å²) in [6.07, 6.45) is 7.41. The van der Waals surface area contributed by atoms with Crippen molar-refractivity contribution in [3.63, 3.8) is 0 Å². The minimum absolute atomic E-state index is 0. The zero-order valence-corrected chi connectivity index (χ0v) is 26.5. The minimum atomic E-state index is -1.13. The van der Waals surface area contributed by atoms with Crippen LogP contribution in [0.3, 0.4) is 0 Å². The van der Waals surface area contributed by atoms with Crippen LogP contribution >= 0.6 is 23.2 Å². The summed E-state index contributed by atoms with van der Waals surface area (Å²) in [5, 5.41) is 11.8. The molecule has 0 saturated carbocycles. The number of benzene rings is 2. The molecule has 0 aliphatic rings. The molecule has 0 aliphatic carbocycles. The molecule has 0 spiro atoms. The second-order valence-electron chi connectivity index (χ2n) is 8.48. The molecule has 2 aromatic carbocycles. The second kappa shape index (κ2) is 16.5. The molecule has 0 atom stereocenters. The van der Waals surface area contributed by atoms with Gasteiger partial charge in [0.2, 0.25) is 5.76 Å². The molecule has 15 heteroatoms. The van der Waals surface area contributed by atoms with E-state index < -0.39 is 17.3 Å². The number of oxazole rings is 2. The van der Waals surface area contributed by atoms with E-state index in [-0.39, 0.29) is 41.1 Å². The number of aromatic carboxylic acids is 1. The molecule has 43 heavy (non-hydrogen) atoms.